The van der Waals surface area contributed by atoms with Crippen LogP contribution in [0.2, 0.25) is 0 Å². The summed E-state index contributed by atoms with van der Waals surface area (Å²) in [5.41, 5.74) is 1.71. The van der Waals surface area contributed by atoms with Gasteiger partial charge in [-0.1, -0.05) is 12.1 Å². The van der Waals surface area contributed by atoms with Crippen molar-refractivity contribution in [2.24, 2.45) is 0 Å². The summed E-state index contributed by atoms with van der Waals surface area (Å²) in [6, 6.07) is 10.8. The highest BCUT2D eigenvalue weighted by molar-refractivity contribution is 5.98. The van der Waals surface area contributed by atoms with E-state index < -0.39 is 0 Å². The van der Waals surface area contributed by atoms with Crippen molar-refractivity contribution >= 4 is 18.2 Å². The lowest BCUT2D eigenvalue weighted by atomic mass is 10.1. The monoisotopic (exact) mass is 396 g/mol. The molecule has 8 heteroatoms. The van der Waals surface area contributed by atoms with Crippen molar-refractivity contribution in [1.29, 1.82) is 0 Å². The molecule has 1 aliphatic rings. The van der Waals surface area contributed by atoms with E-state index in [4.69, 9.17) is 4.74 Å². The fourth-order valence-electron chi connectivity index (χ4n) is 3.10. The summed E-state index contributed by atoms with van der Waals surface area (Å²) >= 11 is 0. The highest BCUT2D eigenvalue weighted by Gasteiger charge is 2.22. The minimum absolute atomic E-state index is 0.229. The topological polar surface area (TPSA) is 91.8 Å². The largest absolute Gasteiger partial charge is 0.497 e. The van der Waals surface area contributed by atoms with Gasteiger partial charge in [0.1, 0.15) is 11.4 Å². The second-order valence-electron chi connectivity index (χ2n) is 6.72. The molecule has 1 aliphatic heterocycles. The minimum atomic E-state index is -0.249. The van der Waals surface area contributed by atoms with Gasteiger partial charge in [0.25, 0.3) is 11.8 Å². The van der Waals surface area contributed by atoms with E-state index in [0.717, 1.165) is 17.7 Å². The molecule has 1 aromatic carbocycles. The number of amides is 3. The van der Waals surface area contributed by atoms with Crippen LogP contribution in [-0.4, -0.2) is 72.8 Å². The first kappa shape index (κ1) is 20.3. The SMILES string of the molecule is COc1ccc(CCNC(=O)c2ccnc(C(=O)N3CCN(C=O)CC3)c2)cc1. The summed E-state index contributed by atoms with van der Waals surface area (Å²) in [6.45, 7) is 2.39. The number of piperazine rings is 1. The standard InChI is InChI=1S/C21H24N4O4/c1-29-18-4-2-16(3-5-18)6-8-23-20(27)17-7-9-22-19(14-17)21(28)25-12-10-24(15-26)11-13-25/h2-5,7,9,14-15H,6,8,10-13H2,1H3,(H,23,27). The summed E-state index contributed by atoms with van der Waals surface area (Å²) in [5.74, 6) is 0.309. The van der Waals surface area contributed by atoms with Gasteiger partial charge in [0, 0.05) is 44.5 Å². The molecular formula is C21H24N4O4. The Morgan fingerprint density at radius 3 is 2.52 bits per heavy atom. The van der Waals surface area contributed by atoms with Crippen molar-refractivity contribution < 1.29 is 19.1 Å². The van der Waals surface area contributed by atoms with E-state index in [-0.39, 0.29) is 17.5 Å². The summed E-state index contributed by atoms with van der Waals surface area (Å²) in [6.07, 6.45) is 2.94. The smallest absolute Gasteiger partial charge is 0.272 e. The molecule has 0 bridgehead atoms. The number of benzene rings is 1. The number of rotatable bonds is 7. The van der Waals surface area contributed by atoms with Crippen LogP contribution in [0.25, 0.3) is 0 Å². The molecular weight excluding hydrogens is 372 g/mol. The van der Waals surface area contributed by atoms with Crippen molar-refractivity contribution in [3.05, 3.63) is 59.4 Å². The zero-order valence-electron chi connectivity index (χ0n) is 16.3. The maximum absolute atomic E-state index is 12.6. The van der Waals surface area contributed by atoms with Crippen molar-refractivity contribution in [2.45, 2.75) is 6.42 Å². The zero-order valence-corrected chi connectivity index (χ0v) is 16.3. The van der Waals surface area contributed by atoms with E-state index >= 15 is 0 Å². The second-order valence-corrected chi connectivity index (χ2v) is 6.72. The van der Waals surface area contributed by atoms with Gasteiger partial charge in [-0.05, 0) is 36.2 Å². The third-order valence-electron chi connectivity index (χ3n) is 4.85. The first-order chi connectivity index (χ1) is 14.1. The molecule has 0 unspecified atom stereocenters. The fourth-order valence-corrected chi connectivity index (χ4v) is 3.10. The molecule has 8 nitrogen and oxygen atoms in total. The van der Waals surface area contributed by atoms with E-state index in [0.29, 0.717) is 44.7 Å². The van der Waals surface area contributed by atoms with Crippen LogP contribution in [0.15, 0.2) is 42.6 Å². The molecule has 1 N–H and O–H groups in total. The normalized spacial score (nSPS) is 13.7. The quantitative estimate of drug-likeness (QED) is 0.705. The van der Waals surface area contributed by atoms with Gasteiger partial charge < -0.3 is 19.9 Å². The van der Waals surface area contributed by atoms with Crippen molar-refractivity contribution in [2.75, 3.05) is 39.8 Å². The van der Waals surface area contributed by atoms with Crippen LogP contribution in [0, 0.1) is 0 Å². The molecule has 0 atom stereocenters. The van der Waals surface area contributed by atoms with Crippen LogP contribution in [-0.2, 0) is 11.2 Å². The summed E-state index contributed by atoms with van der Waals surface area (Å²) < 4.78 is 5.13. The molecule has 1 saturated heterocycles. The maximum atomic E-state index is 12.6. The molecule has 0 saturated carbocycles. The first-order valence-corrected chi connectivity index (χ1v) is 9.46. The molecule has 29 heavy (non-hydrogen) atoms. The summed E-state index contributed by atoms with van der Waals surface area (Å²) in [5, 5.41) is 2.87. The summed E-state index contributed by atoms with van der Waals surface area (Å²) in [4.78, 5) is 43.3. The lowest BCUT2D eigenvalue weighted by molar-refractivity contribution is -0.119. The number of aromatic nitrogens is 1. The van der Waals surface area contributed by atoms with Crippen molar-refractivity contribution in [3.63, 3.8) is 0 Å². The van der Waals surface area contributed by atoms with Gasteiger partial charge in [-0.15, -0.1) is 0 Å². The molecule has 152 valence electrons. The predicted molar refractivity (Wildman–Crippen MR) is 107 cm³/mol. The molecule has 0 radical (unpaired) electrons. The molecule has 0 aliphatic carbocycles. The minimum Gasteiger partial charge on any atom is -0.497 e. The number of pyridine rings is 1. The fraction of sp³-hybridized carbons (Fsp3) is 0.333. The highest BCUT2D eigenvalue weighted by Crippen LogP contribution is 2.12. The molecule has 1 aromatic heterocycles. The Kier molecular flexibility index (Phi) is 6.78. The van der Waals surface area contributed by atoms with Crippen LogP contribution in [0.1, 0.15) is 26.4 Å². The Hall–Kier alpha value is -3.42. The number of methoxy groups -OCH3 is 1. The number of carbonyl (C=O) groups is 3. The second kappa shape index (κ2) is 9.68. The highest BCUT2D eigenvalue weighted by atomic mass is 16.5. The average molecular weight is 396 g/mol. The Labute approximate surface area is 169 Å². The van der Waals surface area contributed by atoms with Gasteiger partial charge in [0.15, 0.2) is 0 Å². The Balaban J connectivity index is 1.54. The Morgan fingerprint density at radius 2 is 1.86 bits per heavy atom. The lowest BCUT2D eigenvalue weighted by Crippen LogP contribution is -2.48. The van der Waals surface area contributed by atoms with E-state index in [1.54, 1.807) is 23.0 Å². The van der Waals surface area contributed by atoms with Gasteiger partial charge in [-0.25, -0.2) is 0 Å². The van der Waals surface area contributed by atoms with Crippen LogP contribution >= 0.6 is 0 Å². The Morgan fingerprint density at radius 1 is 1.14 bits per heavy atom. The summed E-state index contributed by atoms with van der Waals surface area (Å²) in [7, 11) is 1.62. The predicted octanol–water partition coefficient (Wildman–Crippen LogP) is 0.977. The van der Waals surface area contributed by atoms with Gasteiger partial charge in [0.2, 0.25) is 6.41 Å². The Bertz CT molecular complexity index is 861. The average Bonchev–Trinajstić information content (AvgIpc) is 2.79. The maximum Gasteiger partial charge on any atom is 0.272 e. The van der Waals surface area contributed by atoms with Crippen LogP contribution in [0.5, 0.6) is 5.75 Å². The van der Waals surface area contributed by atoms with Crippen molar-refractivity contribution in [3.8, 4) is 5.75 Å². The van der Waals surface area contributed by atoms with E-state index in [9.17, 15) is 14.4 Å². The number of carbonyl (C=O) groups excluding carboxylic acids is 3. The molecule has 3 rings (SSSR count). The zero-order chi connectivity index (χ0) is 20.6. The van der Waals surface area contributed by atoms with Crippen LogP contribution in [0.4, 0.5) is 0 Å². The van der Waals surface area contributed by atoms with E-state index in [2.05, 4.69) is 10.3 Å². The molecule has 3 amide bonds. The van der Waals surface area contributed by atoms with Crippen LogP contribution < -0.4 is 10.1 Å². The molecule has 2 aromatic rings. The number of ether oxygens (including phenoxy) is 1. The van der Waals surface area contributed by atoms with Crippen molar-refractivity contribution in [1.82, 2.24) is 20.1 Å². The third kappa shape index (κ3) is 5.31. The molecule has 0 spiro atoms. The van der Waals surface area contributed by atoms with Gasteiger partial charge in [-0.3, -0.25) is 19.4 Å². The van der Waals surface area contributed by atoms with E-state index in [1.807, 2.05) is 24.3 Å². The first-order valence-electron chi connectivity index (χ1n) is 9.46. The van der Waals surface area contributed by atoms with Gasteiger partial charge in [-0.2, -0.15) is 0 Å². The number of nitrogens with zero attached hydrogens (tertiary/aromatic N) is 3. The number of hydrogen-bond acceptors (Lipinski definition) is 5. The number of nitrogens with one attached hydrogen (secondary N) is 1. The van der Waals surface area contributed by atoms with Gasteiger partial charge >= 0.3 is 0 Å². The van der Waals surface area contributed by atoms with E-state index in [1.165, 1.54) is 12.3 Å². The molecule has 2 heterocycles. The van der Waals surface area contributed by atoms with Gasteiger partial charge in [0.05, 0.1) is 7.11 Å². The third-order valence-corrected chi connectivity index (χ3v) is 4.85. The number of hydrogen-bond donors (Lipinski definition) is 1. The molecule has 1 fully saturated rings. The van der Waals surface area contributed by atoms with Crippen LogP contribution in [0.3, 0.4) is 0 Å². The lowest BCUT2D eigenvalue weighted by Gasteiger charge is -2.32.